The first-order valence-corrected chi connectivity index (χ1v) is 28.0. The van der Waals surface area contributed by atoms with Gasteiger partial charge >= 0.3 is 17.9 Å². The van der Waals surface area contributed by atoms with Crippen LogP contribution in [0.2, 0.25) is 0 Å². The van der Waals surface area contributed by atoms with Crippen LogP contribution in [-0.4, -0.2) is 37.2 Å². The fraction of sp³-hybridized carbons (Fsp3) is 0.635. The Kier molecular flexibility index (Phi) is 53.0. The second-order valence-corrected chi connectivity index (χ2v) is 18.1. The third-order valence-corrected chi connectivity index (χ3v) is 11.5. The maximum absolute atomic E-state index is 12.8. The van der Waals surface area contributed by atoms with Crippen LogP contribution in [0.3, 0.4) is 0 Å². The average molecular weight is 956 g/mol. The molecule has 0 radical (unpaired) electrons. The van der Waals surface area contributed by atoms with Crippen LogP contribution in [-0.2, 0) is 28.6 Å². The Balaban J connectivity index is 4.20. The van der Waals surface area contributed by atoms with Gasteiger partial charge in [0.25, 0.3) is 0 Å². The third-order valence-electron chi connectivity index (χ3n) is 11.5. The van der Waals surface area contributed by atoms with Crippen LogP contribution in [0.25, 0.3) is 0 Å². The summed E-state index contributed by atoms with van der Waals surface area (Å²) in [5, 5.41) is 0. The number of hydrogen-bond acceptors (Lipinski definition) is 6. The maximum Gasteiger partial charge on any atom is 0.306 e. The summed E-state index contributed by atoms with van der Waals surface area (Å²) in [7, 11) is 0. The molecule has 0 bridgehead atoms. The lowest BCUT2D eigenvalue weighted by Gasteiger charge is -2.18. The molecule has 1 unspecified atom stereocenters. The van der Waals surface area contributed by atoms with Crippen molar-refractivity contribution in [3.05, 3.63) is 122 Å². The molecule has 0 spiro atoms. The molecule has 0 fully saturated rings. The van der Waals surface area contributed by atoms with Crippen molar-refractivity contribution < 1.29 is 28.6 Å². The van der Waals surface area contributed by atoms with Gasteiger partial charge in [0, 0.05) is 19.3 Å². The van der Waals surface area contributed by atoms with E-state index < -0.39 is 6.10 Å². The first kappa shape index (κ1) is 64.8. The number of rotatable bonds is 49. The summed E-state index contributed by atoms with van der Waals surface area (Å²) in [5.74, 6) is -0.939. The SMILES string of the molecule is CC/C=C\C/C=C\C/C=C\C/C=C\C/C=C\C/C=C\CCCCCCC(=O)OCC(COC(=O)CCCCCCC)OC(=O)CCCCCCCCCCCC/C=C\C/C=C\C/C=C\C/C=C\CC. The summed E-state index contributed by atoms with van der Waals surface area (Å²) in [6.07, 6.45) is 78.0. The van der Waals surface area contributed by atoms with Gasteiger partial charge in [-0.15, -0.1) is 0 Å². The fourth-order valence-electron chi connectivity index (χ4n) is 7.32. The largest absolute Gasteiger partial charge is 0.462 e. The standard InChI is InChI=1S/C63H102O6/c1-4-7-10-13-15-17-19-21-23-25-27-29-31-33-35-37-39-41-43-45-47-50-53-56-62(65)68-59-60(58-67-61(64)55-52-49-12-9-6-3)69-63(66)57-54-51-48-46-44-42-40-38-36-34-32-30-28-26-24-22-20-18-16-14-11-8-5-2/h7-8,10-11,15-18,21-24,27-30,33,35,39,41,60H,4-6,9,12-14,19-20,25-26,31-32,34,36-38,40,42-59H2,1-3H3/b10-7-,11-8-,17-15-,18-16-,23-21-,24-22-,29-27-,30-28-,35-33-,41-39-. The van der Waals surface area contributed by atoms with Crippen LogP contribution < -0.4 is 0 Å². The minimum absolute atomic E-state index is 0.0914. The van der Waals surface area contributed by atoms with Crippen molar-refractivity contribution in [1.29, 1.82) is 0 Å². The highest BCUT2D eigenvalue weighted by Crippen LogP contribution is 2.14. The van der Waals surface area contributed by atoms with E-state index >= 15 is 0 Å². The van der Waals surface area contributed by atoms with E-state index in [2.05, 4.69) is 142 Å². The summed E-state index contributed by atoms with van der Waals surface area (Å²) in [4.78, 5) is 37.8. The van der Waals surface area contributed by atoms with E-state index in [9.17, 15) is 14.4 Å². The Bertz CT molecular complexity index is 1470. The molecular formula is C63H102O6. The zero-order valence-electron chi connectivity index (χ0n) is 44.5. The normalized spacial score (nSPS) is 13.0. The van der Waals surface area contributed by atoms with Crippen LogP contribution in [0.4, 0.5) is 0 Å². The average Bonchev–Trinajstić information content (AvgIpc) is 3.35. The Hall–Kier alpha value is -4.19. The van der Waals surface area contributed by atoms with Crippen molar-refractivity contribution in [2.75, 3.05) is 13.2 Å². The first-order valence-electron chi connectivity index (χ1n) is 28.0. The lowest BCUT2D eigenvalue weighted by atomic mass is 10.0. The van der Waals surface area contributed by atoms with Crippen molar-refractivity contribution in [2.45, 2.75) is 245 Å². The van der Waals surface area contributed by atoms with Gasteiger partial charge < -0.3 is 14.2 Å². The molecule has 69 heavy (non-hydrogen) atoms. The number of ether oxygens (including phenoxy) is 3. The smallest absolute Gasteiger partial charge is 0.306 e. The molecule has 0 aliphatic rings. The molecule has 0 aromatic heterocycles. The van der Waals surface area contributed by atoms with Crippen LogP contribution in [0.15, 0.2) is 122 Å². The Morgan fingerprint density at radius 3 is 0.884 bits per heavy atom. The number of carbonyl (C=O) groups is 3. The Morgan fingerprint density at radius 1 is 0.304 bits per heavy atom. The molecule has 6 nitrogen and oxygen atoms in total. The molecule has 0 aliphatic carbocycles. The zero-order chi connectivity index (χ0) is 50.0. The van der Waals surface area contributed by atoms with E-state index in [1.165, 1.54) is 51.4 Å². The first-order chi connectivity index (χ1) is 34.0. The molecule has 390 valence electrons. The van der Waals surface area contributed by atoms with E-state index in [0.29, 0.717) is 19.3 Å². The van der Waals surface area contributed by atoms with Gasteiger partial charge in [-0.3, -0.25) is 14.4 Å². The molecule has 0 heterocycles. The van der Waals surface area contributed by atoms with Gasteiger partial charge in [0.1, 0.15) is 13.2 Å². The van der Waals surface area contributed by atoms with Crippen molar-refractivity contribution in [3.63, 3.8) is 0 Å². The maximum atomic E-state index is 12.8. The van der Waals surface area contributed by atoms with Crippen LogP contribution in [0.1, 0.15) is 239 Å². The summed E-state index contributed by atoms with van der Waals surface area (Å²) < 4.78 is 16.7. The van der Waals surface area contributed by atoms with Gasteiger partial charge in [-0.1, -0.05) is 232 Å². The van der Waals surface area contributed by atoms with Crippen LogP contribution >= 0.6 is 0 Å². The monoisotopic (exact) mass is 955 g/mol. The lowest BCUT2D eigenvalue weighted by molar-refractivity contribution is -0.167. The second-order valence-electron chi connectivity index (χ2n) is 18.1. The van der Waals surface area contributed by atoms with E-state index in [0.717, 1.165) is 148 Å². The fourth-order valence-corrected chi connectivity index (χ4v) is 7.32. The highest BCUT2D eigenvalue weighted by molar-refractivity contribution is 5.71. The third kappa shape index (κ3) is 54.6. The van der Waals surface area contributed by atoms with Crippen molar-refractivity contribution in [1.82, 2.24) is 0 Å². The number of allylic oxidation sites excluding steroid dienone is 20. The molecule has 0 saturated heterocycles. The van der Waals surface area contributed by atoms with Crippen LogP contribution in [0, 0.1) is 0 Å². The molecule has 0 saturated carbocycles. The number of esters is 3. The minimum atomic E-state index is -0.791. The summed E-state index contributed by atoms with van der Waals surface area (Å²) in [5.41, 5.74) is 0. The van der Waals surface area contributed by atoms with Gasteiger partial charge in [0.05, 0.1) is 0 Å². The zero-order valence-corrected chi connectivity index (χ0v) is 44.5. The van der Waals surface area contributed by atoms with Crippen molar-refractivity contribution in [3.8, 4) is 0 Å². The molecular weight excluding hydrogens is 853 g/mol. The van der Waals surface area contributed by atoms with E-state index in [1.807, 2.05) is 0 Å². The molecule has 0 aromatic carbocycles. The molecule has 0 rings (SSSR count). The van der Waals surface area contributed by atoms with E-state index in [4.69, 9.17) is 14.2 Å². The van der Waals surface area contributed by atoms with Gasteiger partial charge in [-0.2, -0.15) is 0 Å². The molecule has 0 aromatic rings. The van der Waals surface area contributed by atoms with Crippen LogP contribution in [0.5, 0.6) is 0 Å². The Morgan fingerprint density at radius 2 is 0.565 bits per heavy atom. The van der Waals surface area contributed by atoms with Gasteiger partial charge in [0.2, 0.25) is 0 Å². The van der Waals surface area contributed by atoms with Gasteiger partial charge in [-0.05, 0) is 109 Å². The van der Waals surface area contributed by atoms with Gasteiger partial charge in [0.15, 0.2) is 6.10 Å². The van der Waals surface area contributed by atoms with E-state index in [-0.39, 0.29) is 31.1 Å². The molecule has 0 aliphatic heterocycles. The summed E-state index contributed by atoms with van der Waals surface area (Å²) in [6.45, 7) is 6.30. The number of unbranched alkanes of at least 4 members (excludes halogenated alkanes) is 18. The number of carbonyl (C=O) groups excluding carboxylic acids is 3. The molecule has 6 heteroatoms. The van der Waals surface area contributed by atoms with Crippen molar-refractivity contribution >= 4 is 17.9 Å². The second kappa shape index (κ2) is 56.4. The van der Waals surface area contributed by atoms with Crippen molar-refractivity contribution in [2.24, 2.45) is 0 Å². The van der Waals surface area contributed by atoms with Gasteiger partial charge in [-0.25, -0.2) is 0 Å². The molecule has 1 atom stereocenters. The topological polar surface area (TPSA) is 78.9 Å². The minimum Gasteiger partial charge on any atom is -0.462 e. The highest BCUT2D eigenvalue weighted by Gasteiger charge is 2.19. The van der Waals surface area contributed by atoms with E-state index in [1.54, 1.807) is 0 Å². The molecule has 0 N–H and O–H groups in total. The predicted octanol–water partition coefficient (Wildman–Crippen LogP) is 18.9. The number of hydrogen-bond donors (Lipinski definition) is 0. The highest BCUT2D eigenvalue weighted by atomic mass is 16.6. The Labute approximate surface area is 424 Å². The quantitative estimate of drug-likeness (QED) is 0.0262. The lowest BCUT2D eigenvalue weighted by Crippen LogP contribution is -2.30. The summed E-state index contributed by atoms with van der Waals surface area (Å²) >= 11 is 0. The summed E-state index contributed by atoms with van der Waals surface area (Å²) in [6, 6.07) is 0. The predicted molar refractivity (Wildman–Crippen MR) is 297 cm³/mol. The molecule has 0 amide bonds.